The van der Waals surface area contributed by atoms with E-state index < -0.39 is 0 Å². The third-order valence-electron chi connectivity index (χ3n) is 5.55. The molecule has 2 aromatic carbocycles. The first kappa shape index (κ1) is 17.3. The Hall–Kier alpha value is -3.15. The number of rotatable bonds is 3. The number of carbonyl (C=O) groups is 1. The molecule has 4 rings (SSSR count). The molecule has 1 aliphatic heterocycles. The van der Waals surface area contributed by atoms with Gasteiger partial charge in [-0.15, -0.1) is 0 Å². The molecule has 2 aromatic rings. The number of nitro groups is 1. The van der Waals surface area contributed by atoms with E-state index in [0.717, 1.165) is 28.8 Å². The van der Waals surface area contributed by atoms with Crippen molar-refractivity contribution < 1.29 is 14.5 Å². The molecule has 0 bridgehead atoms. The van der Waals surface area contributed by atoms with Gasteiger partial charge in [-0.05, 0) is 48.1 Å². The van der Waals surface area contributed by atoms with E-state index in [1.54, 1.807) is 24.3 Å². The quantitative estimate of drug-likeness (QED) is 0.375. The number of carbonyl (C=O) groups excluding carboxylic acids is 1. The highest BCUT2D eigenvalue weighted by molar-refractivity contribution is 5.89. The third-order valence-corrected chi connectivity index (χ3v) is 5.55. The van der Waals surface area contributed by atoms with Crippen LogP contribution in [0.15, 0.2) is 48.6 Å². The predicted molar refractivity (Wildman–Crippen MR) is 102 cm³/mol. The second-order valence-corrected chi connectivity index (χ2v) is 7.07. The molecule has 1 N–H and O–H groups in total. The number of nitro benzene ring substituents is 1. The number of nitrogens with zero attached hydrogens (tertiary/aromatic N) is 1. The van der Waals surface area contributed by atoms with E-state index in [9.17, 15) is 14.9 Å². The summed E-state index contributed by atoms with van der Waals surface area (Å²) in [6.07, 6.45) is 5.21. The molecule has 0 aromatic heterocycles. The van der Waals surface area contributed by atoms with Gasteiger partial charge in [-0.2, -0.15) is 0 Å². The van der Waals surface area contributed by atoms with Crippen molar-refractivity contribution in [2.75, 3.05) is 12.4 Å². The Kier molecular flexibility index (Phi) is 4.18. The second-order valence-electron chi connectivity index (χ2n) is 7.07. The van der Waals surface area contributed by atoms with Gasteiger partial charge >= 0.3 is 5.97 Å². The Morgan fingerprint density at radius 3 is 2.67 bits per heavy atom. The summed E-state index contributed by atoms with van der Waals surface area (Å²) >= 11 is 0. The fourth-order valence-corrected chi connectivity index (χ4v) is 4.25. The van der Waals surface area contributed by atoms with Crippen molar-refractivity contribution in [3.63, 3.8) is 0 Å². The zero-order chi connectivity index (χ0) is 19.1. The maximum absolute atomic E-state index is 11.7. The molecule has 27 heavy (non-hydrogen) atoms. The number of fused-ring (bicyclic) bond motifs is 3. The van der Waals surface area contributed by atoms with Gasteiger partial charge in [-0.25, -0.2) is 4.79 Å². The molecule has 2 aliphatic rings. The minimum absolute atomic E-state index is 0.0735. The van der Waals surface area contributed by atoms with Crippen LogP contribution in [0, 0.1) is 23.0 Å². The van der Waals surface area contributed by atoms with Gasteiger partial charge in [-0.1, -0.05) is 24.3 Å². The minimum atomic E-state index is -0.355. The van der Waals surface area contributed by atoms with Crippen LogP contribution >= 0.6 is 0 Å². The van der Waals surface area contributed by atoms with Gasteiger partial charge < -0.3 is 10.1 Å². The second kappa shape index (κ2) is 6.54. The Balaban J connectivity index is 1.74. The van der Waals surface area contributed by atoms with Crippen molar-refractivity contribution in [1.82, 2.24) is 0 Å². The van der Waals surface area contributed by atoms with Gasteiger partial charge in [0.15, 0.2) is 0 Å². The molecule has 138 valence electrons. The fourth-order valence-electron chi connectivity index (χ4n) is 4.25. The third kappa shape index (κ3) is 2.87. The molecule has 3 atom stereocenters. The Morgan fingerprint density at radius 2 is 2.00 bits per heavy atom. The standard InChI is InChI=1S/C21H20N2O4/c1-12-10-15(23(25)26)11-18-16-4-3-5-17(16)20(22-19(12)18)13-6-8-14(9-7-13)21(24)27-2/h3-4,6-11,16-17,20,22H,5H2,1-2H3/t16-,17+,20+/m1/s1. The summed E-state index contributed by atoms with van der Waals surface area (Å²) in [6, 6.07) is 10.8. The smallest absolute Gasteiger partial charge is 0.337 e. The lowest BCUT2D eigenvalue weighted by atomic mass is 9.76. The number of aryl methyl sites for hydroxylation is 1. The average molecular weight is 364 g/mol. The zero-order valence-electron chi connectivity index (χ0n) is 15.1. The first-order valence-corrected chi connectivity index (χ1v) is 8.90. The highest BCUT2D eigenvalue weighted by Gasteiger charge is 2.39. The van der Waals surface area contributed by atoms with Crippen LogP contribution in [0.5, 0.6) is 0 Å². The monoisotopic (exact) mass is 364 g/mol. The fraction of sp³-hybridized carbons (Fsp3) is 0.286. The molecule has 0 saturated heterocycles. The number of methoxy groups -OCH3 is 1. The van der Waals surface area contributed by atoms with Crippen LogP contribution in [0.4, 0.5) is 11.4 Å². The van der Waals surface area contributed by atoms with Crippen molar-refractivity contribution in [2.24, 2.45) is 5.92 Å². The maximum Gasteiger partial charge on any atom is 0.337 e. The summed E-state index contributed by atoms with van der Waals surface area (Å²) in [5.41, 5.74) is 4.57. The van der Waals surface area contributed by atoms with Crippen LogP contribution in [0.1, 0.15) is 45.4 Å². The van der Waals surface area contributed by atoms with Gasteiger partial charge in [0, 0.05) is 23.7 Å². The molecule has 0 fully saturated rings. The van der Waals surface area contributed by atoms with Crippen LogP contribution < -0.4 is 5.32 Å². The number of anilines is 1. The lowest BCUT2D eigenvalue weighted by Gasteiger charge is -2.38. The molecular formula is C21H20N2O4. The van der Waals surface area contributed by atoms with Crippen molar-refractivity contribution in [3.05, 3.63) is 80.9 Å². The van der Waals surface area contributed by atoms with Gasteiger partial charge in [0.2, 0.25) is 0 Å². The Morgan fingerprint density at radius 1 is 1.26 bits per heavy atom. The molecule has 0 amide bonds. The number of hydrogen-bond donors (Lipinski definition) is 1. The summed E-state index contributed by atoms with van der Waals surface area (Å²) in [6.45, 7) is 1.90. The largest absolute Gasteiger partial charge is 0.465 e. The Labute approximate surface area is 157 Å². The van der Waals surface area contributed by atoms with Gasteiger partial charge in [0.05, 0.1) is 23.6 Å². The normalized spacial score (nSPS) is 22.5. The number of esters is 1. The molecule has 1 heterocycles. The van der Waals surface area contributed by atoms with Crippen LogP contribution in [-0.4, -0.2) is 18.0 Å². The number of nitrogens with one attached hydrogen (secondary N) is 1. The predicted octanol–water partition coefficient (Wildman–Crippen LogP) is 4.52. The maximum atomic E-state index is 11.7. The molecule has 0 spiro atoms. The van der Waals surface area contributed by atoms with E-state index in [1.165, 1.54) is 7.11 Å². The van der Waals surface area contributed by atoms with E-state index >= 15 is 0 Å². The van der Waals surface area contributed by atoms with Crippen molar-refractivity contribution in [1.29, 1.82) is 0 Å². The molecule has 6 nitrogen and oxygen atoms in total. The molecule has 0 saturated carbocycles. The molecule has 1 aliphatic carbocycles. The first-order chi connectivity index (χ1) is 13.0. The Bertz CT molecular complexity index is 949. The lowest BCUT2D eigenvalue weighted by molar-refractivity contribution is -0.385. The summed E-state index contributed by atoms with van der Waals surface area (Å²) < 4.78 is 4.76. The first-order valence-electron chi connectivity index (χ1n) is 8.90. The van der Waals surface area contributed by atoms with Crippen LogP contribution in [0.3, 0.4) is 0 Å². The average Bonchev–Trinajstić information content (AvgIpc) is 3.17. The van der Waals surface area contributed by atoms with Crippen molar-refractivity contribution >= 4 is 17.3 Å². The molecule has 0 unspecified atom stereocenters. The van der Waals surface area contributed by atoms with Gasteiger partial charge in [-0.3, -0.25) is 10.1 Å². The number of ether oxygens (including phenoxy) is 1. The topological polar surface area (TPSA) is 81.5 Å². The van der Waals surface area contributed by atoms with E-state index in [2.05, 4.69) is 17.5 Å². The van der Waals surface area contributed by atoms with E-state index in [-0.39, 0.29) is 34.5 Å². The van der Waals surface area contributed by atoms with Gasteiger partial charge in [0.1, 0.15) is 0 Å². The van der Waals surface area contributed by atoms with E-state index in [1.807, 2.05) is 19.1 Å². The summed E-state index contributed by atoms with van der Waals surface area (Å²) in [5.74, 6) is 0.0695. The van der Waals surface area contributed by atoms with E-state index in [4.69, 9.17) is 4.74 Å². The summed E-state index contributed by atoms with van der Waals surface area (Å²) in [7, 11) is 1.37. The number of hydrogen-bond acceptors (Lipinski definition) is 5. The van der Waals surface area contributed by atoms with Crippen molar-refractivity contribution in [3.8, 4) is 0 Å². The summed E-state index contributed by atoms with van der Waals surface area (Å²) in [5, 5.41) is 14.9. The minimum Gasteiger partial charge on any atom is -0.465 e. The summed E-state index contributed by atoms with van der Waals surface area (Å²) in [4.78, 5) is 22.6. The lowest BCUT2D eigenvalue weighted by Crippen LogP contribution is -2.29. The highest BCUT2D eigenvalue weighted by atomic mass is 16.6. The number of non-ortho nitro benzene ring substituents is 1. The van der Waals surface area contributed by atoms with Crippen LogP contribution in [0.2, 0.25) is 0 Å². The van der Waals surface area contributed by atoms with Crippen LogP contribution in [0.25, 0.3) is 0 Å². The number of benzene rings is 2. The molecular weight excluding hydrogens is 344 g/mol. The highest BCUT2D eigenvalue weighted by Crippen LogP contribution is 2.51. The SMILES string of the molecule is COC(=O)c1ccc([C@@H]2Nc3c(C)cc([N+](=O)[O-])cc3[C@@H]3C=CC[C@@H]32)cc1. The van der Waals surface area contributed by atoms with Gasteiger partial charge in [0.25, 0.3) is 5.69 Å². The number of allylic oxidation sites excluding steroid dienone is 2. The van der Waals surface area contributed by atoms with E-state index in [0.29, 0.717) is 5.56 Å². The van der Waals surface area contributed by atoms with Crippen molar-refractivity contribution in [2.45, 2.75) is 25.3 Å². The molecule has 0 radical (unpaired) electrons. The zero-order valence-corrected chi connectivity index (χ0v) is 15.1. The van der Waals surface area contributed by atoms with Crippen LogP contribution in [-0.2, 0) is 4.74 Å². The molecule has 6 heteroatoms.